The van der Waals surface area contributed by atoms with Gasteiger partial charge in [-0.1, -0.05) is 42.0 Å². The van der Waals surface area contributed by atoms with Crippen LogP contribution in [0.4, 0.5) is 9.18 Å². The van der Waals surface area contributed by atoms with Crippen LogP contribution in [0.15, 0.2) is 48.5 Å². The van der Waals surface area contributed by atoms with E-state index in [1.165, 1.54) is 17.0 Å². The van der Waals surface area contributed by atoms with E-state index >= 15 is 0 Å². The lowest BCUT2D eigenvalue weighted by Gasteiger charge is -2.23. The molecule has 1 aliphatic heterocycles. The molecule has 2 aromatic carbocycles. The van der Waals surface area contributed by atoms with Crippen LogP contribution in [0, 0.1) is 12.7 Å². The van der Waals surface area contributed by atoms with Gasteiger partial charge in [0.15, 0.2) is 0 Å². The zero-order valence-electron chi connectivity index (χ0n) is 16.0. The summed E-state index contributed by atoms with van der Waals surface area (Å²) in [5.74, 6) is -1.21. The predicted octanol–water partition coefficient (Wildman–Crippen LogP) is 2.56. The Kier molecular flexibility index (Phi) is 5.18. The van der Waals surface area contributed by atoms with Crippen molar-refractivity contribution < 1.29 is 18.8 Å². The summed E-state index contributed by atoms with van der Waals surface area (Å²) in [6.07, 6.45) is 0. The number of rotatable bonds is 5. The lowest BCUT2D eigenvalue weighted by atomic mass is 9.91. The monoisotopic (exact) mass is 383 g/mol. The van der Waals surface area contributed by atoms with E-state index in [4.69, 9.17) is 0 Å². The topological polar surface area (TPSA) is 69.7 Å². The normalized spacial score (nSPS) is 18.9. The summed E-state index contributed by atoms with van der Waals surface area (Å²) in [5.41, 5.74) is 1.24. The maximum Gasteiger partial charge on any atom is 0.325 e. The first-order chi connectivity index (χ1) is 13.2. The third-order valence-electron chi connectivity index (χ3n) is 4.96. The Balaban J connectivity index is 1.70. The number of halogens is 1. The van der Waals surface area contributed by atoms with E-state index in [2.05, 4.69) is 5.32 Å². The van der Waals surface area contributed by atoms with Gasteiger partial charge in [-0.2, -0.15) is 0 Å². The van der Waals surface area contributed by atoms with E-state index in [0.717, 1.165) is 16.0 Å². The number of imide groups is 1. The van der Waals surface area contributed by atoms with Crippen LogP contribution in [0.3, 0.4) is 0 Å². The number of carbonyl (C=O) groups is 3. The summed E-state index contributed by atoms with van der Waals surface area (Å²) in [5, 5.41) is 2.69. The lowest BCUT2D eigenvalue weighted by Crippen LogP contribution is -2.43. The Bertz CT molecular complexity index is 911. The molecule has 0 saturated carbocycles. The van der Waals surface area contributed by atoms with E-state index in [1.807, 2.05) is 19.1 Å². The fourth-order valence-corrected chi connectivity index (χ4v) is 3.13. The second-order valence-corrected chi connectivity index (χ2v) is 7.19. The molecular weight excluding hydrogens is 361 g/mol. The van der Waals surface area contributed by atoms with E-state index in [9.17, 15) is 18.8 Å². The summed E-state index contributed by atoms with van der Waals surface area (Å²) in [6, 6.07) is 12.5. The van der Waals surface area contributed by atoms with Crippen LogP contribution < -0.4 is 5.32 Å². The summed E-state index contributed by atoms with van der Waals surface area (Å²) in [6.45, 7) is 3.45. The lowest BCUT2D eigenvalue weighted by molar-refractivity contribution is -0.138. The fraction of sp³-hybridized carbons (Fsp3) is 0.286. The minimum atomic E-state index is -1.21. The fourth-order valence-electron chi connectivity index (χ4n) is 3.13. The van der Waals surface area contributed by atoms with Crippen LogP contribution in [0.5, 0.6) is 0 Å². The quantitative estimate of drug-likeness (QED) is 0.807. The van der Waals surface area contributed by atoms with Crippen molar-refractivity contribution in [2.24, 2.45) is 0 Å². The SMILES string of the molecule is Cc1ccc(C2(C)NC(=O)N(CC(=O)N(C)Cc3ccc(F)cc3)C2=O)cc1. The van der Waals surface area contributed by atoms with Gasteiger partial charge < -0.3 is 10.2 Å². The van der Waals surface area contributed by atoms with Crippen molar-refractivity contribution in [1.82, 2.24) is 15.1 Å². The second kappa shape index (κ2) is 7.42. The van der Waals surface area contributed by atoms with Gasteiger partial charge in [-0.3, -0.25) is 14.5 Å². The van der Waals surface area contributed by atoms with Gasteiger partial charge in [0, 0.05) is 13.6 Å². The Morgan fingerprint density at radius 1 is 1.11 bits per heavy atom. The number of urea groups is 1. The number of nitrogens with zero attached hydrogens (tertiary/aromatic N) is 2. The molecule has 1 heterocycles. The Morgan fingerprint density at radius 2 is 1.71 bits per heavy atom. The Labute approximate surface area is 162 Å². The van der Waals surface area contributed by atoms with Crippen molar-refractivity contribution in [1.29, 1.82) is 0 Å². The van der Waals surface area contributed by atoms with Gasteiger partial charge in [-0.05, 0) is 37.1 Å². The maximum atomic E-state index is 13.0. The molecule has 4 amide bonds. The molecule has 6 nitrogen and oxygen atoms in total. The third-order valence-corrected chi connectivity index (χ3v) is 4.96. The smallest absolute Gasteiger partial charge is 0.325 e. The molecule has 0 aromatic heterocycles. The molecule has 0 spiro atoms. The van der Waals surface area contributed by atoms with Crippen LogP contribution in [0.2, 0.25) is 0 Å². The average Bonchev–Trinajstić information content (AvgIpc) is 2.88. The number of benzene rings is 2. The minimum Gasteiger partial charge on any atom is -0.340 e. The number of likely N-dealkylation sites (N-methyl/N-ethyl adjacent to an activating group) is 1. The van der Waals surface area contributed by atoms with Gasteiger partial charge in [0.25, 0.3) is 5.91 Å². The number of carbonyl (C=O) groups excluding carboxylic acids is 3. The van der Waals surface area contributed by atoms with Crippen LogP contribution in [-0.4, -0.2) is 41.2 Å². The molecular formula is C21H22FN3O3. The largest absolute Gasteiger partial charge is 0.340 e. The standard InChI is InChI=1S/C21H22FN3O3/c1-14-4-8-16(9-5-14)21(2)19(27)25(20(28)23-21)13-18(26)24(3)12-15-6-10-17(22)11-7-15/h4-11H,12-13H2,1-3H3,(H,23,28). The highest BCUT2D eigenvalue weighted by Gasteiger charge is 2.49. The molecule has 0 radical (unpaired) electrons. The van der Waals surface area contributed by atoms with Crippen molar-refractivity contribution in [3.8, 4) is 0 Å². The van der Waals surface area contributed by atoms with Crippen molar-refractivity contribution in [2.75, 3.05) is 13.6 Å². The molecule has 1 saturated heterocycles. The first kappa shape index (κ1) is 19.5. The molecule has 28 heavy (non-hydrogen) atoms. The van der Waals surface area contributed by atoms with Crippen molar-refractivity contribution in [3.05, 3.63) is 71.0 Å². The molecule has 7 heteroatoms. The number of nitrogens with one attached hydrogen (secondary N) is 1. The van der Waals surface area contributed by atoms with Crippen molar-refractivity contribution in [3.63, 3.8) is 0 Å². The highest BCUT2D eigenvalue weighted by molar-refractivity contribution is 6.09. The number of hydrogen-bond donors (Lipinski definition) is 1. The van der Waals surface area contributed by atoms with Gasteiger partial charge in [0.1, 0.15) is 17.9 Å². The van der Waals surface area contributed by atoms with Gasteiger partial charge in [-0.15, -0.1) is 0 Å². The highest BCUT2D eigenvalue weighted by Crippen LogP contribution is 2.29. The van der Waals surface area contributed by atoms with Crippen LogP contribution in [0.25, 0.3) is 0 Å². The molecule has 0 bridgehead atoms. The Morgan fingerprint density at radius 3 is 2.32 bits per heavy atom. The van der Waals surface area contributed by atoms with E-state index < -0.39 is 17.5 Å². The summed E-state index contributed by atoms with van der Waals surface area (Å²) in [4.78, 5) is 40.1. The summed E-state index contributed by atoms with van der Waals surface area (Å²) >= 11 is 0. The molecule has 146 valence electrons. The molecule has 1 aliphatic rings. The molecule has 2 aromatic rings. The molecule has 3 rings (SSSR count). The molecule has 0 aliphatic carbocycles. The third kappa shape index (κ3) is 3.74. The van der Waals surface area contributed by atoms with Gasteiger partial charge >= 0.3 is 6.03 Å². The molecule has 1 unspecified atom stereocenters. The van der Waals surface area contributed by atoms with E-state index in [0.29, 0.717) is 5.56 Å². The summed E-state index contributed by atoms with van der Waals surface area (Å²) in [7, 11) is 1.57. The minimum absolute atomic E-state index is 0.248. The summed E-state index contributed by atoms with van der Waals surface area (Å²) < 4.78 is 13.0. The first-order valence-electron chi connectivity index (χ1n) is 8.90. The van der Waals surface area contributed by atoms with E-state index in [1.54, 1.807) is 38.2 Å². The maximum absolute atomic E-state index is 13.0. The predicted molar refractivity (Wildman–Crippen MR) is 102 cm³/mol. The number of aryl methyl sites for hydroxylation is 1. The first-order valence-corrected chi connectivity index (χ1v) is 8.90. The molecule has 1 fully saturated rings. The van der Waals surface area contributed by atoms with Gasteiger partial charge in [-0.25, -0.2) is 9.18 Å². The van der Waals surface area contributed by atoms with Crippen molar-refractivity contribution in [2.45, 2.75) is 25.9 Å². The van der Waals surface area contributed by atoms with Gasteiger partial charge in [0.05, 0.1) is 0 Å². The number of amides is 4. The molecule has 1 atom stereocenters. The number of hydrogen-bond acceptors (Lipinski definition) is 3. The average molecular weight is 383 g/mol. The zero-order chi connectivity index (χ0) is 20.5. The zero-order valence-corrected chi connectivity index (χ0v) is 16.0. The van der Waals surface area contributed by atoms with E-state index in [-0.39, 0.29) is 24.8 Å². The van der Waals surface area contributed by atoms with Crippen molar-refractivity contribution >= 4 is 17.8 Å². The Hall–Kier alpha value is -3.22. The van der Waals surface area contributed by atoms with Crippen LogP contribution >= 0.6 is 0 Å². The van der Waals surface area contributed by atoms with Crippen LogP contribution in [0.1, 0.15) is 23.6 Å². The van der Waals surface area contributed by atoms with Gasteiger partial charge in [0.2, 0.25) is 5.91 Å². The highest BCUT2D eigenvalue weighted by atomic mass is 19.1. The second-order valence-electron chi connectivity index (χ2n) is 7.19. The molecule has 1 N–H and O–H groups in total. The van der Waals surface area contributed by atoms with Crippen LogP contribution in [-0.2, 0) is 21.7 Å².